The number of carbonyl (C=O) groups is 2. The largest absolute Gasteiger partial charge is 0.482 e. The van der Waals surface area contributed by atoms with Crippen molar-refractivity contribution in [2.75, 3.05) is 0 Å². The number of thiophene rings is 1. The quantitative estimate of drug-likeness (QED) is 0.814. The van der Waals surface area contributed by atoms with Crippen LogP contribution in [0.4, 0.5) is 0 Å². The van der Waals surface area contributed by atoms with Crippen molar-refractivity contribution in [1.29, 1.82) is 0 Å². The number of amides is 2. The predicted molar refractivity (Wildman–Crippen MR) is 99.3 cm³/mol. The highest BCUT2D eigenvalue weighted by Gasteiger charge is 2.35. The van der Waals surface area contributed by atoms with Crippen LogP contribution in [0.3, 0.4) is 0 Å². The van der Waals surface area contributed by atoms with Gasteiger partial charge in [0, 0.05) is 4.88 Å². The number of fused-ring (bicyclic) bond motifs is 1. The van der Waals surface area contributed by atoms with Crippen LogP contribution in [0.25, 0.3) is 0 Å². The molecule has 7 heteroatoms. The molecule has 3 atom stereocenters. The molecule has 1 aliphatic rings. The molecule has 2 N–H and O–H groups in total. The number of hydrogen-bond donors (Lipinski definition) is 2. The SMILES string of the molecule is CCC(NC(=O)C1Oc2ccccc2OC1C)C(=O)NCc1cccs1. The lowest BCUT2D eigenvalue weighted by Gasteiger charge is -2.31. The van der Waals surface area contributed by atoms with E-state index in [1.54, 1.807) is 30.4 Å². The summed E-state index contributed by atoms with van der Waals surface area (Å²) in [5.41, 5.74) is 0. The van der Waals surface area contributed by atoms with Crippen molar-refractivity contribution < 1.29 is 19.1 Å². The van der Waals surface area contributed by atoms with Gasteiger partial charge < -0.3 is 20.1 Å². The molecule has 6 nitrogen and oxygen atoms in total. The fourth-order valence-electron chi connectivity index (χ4n) is 2.72. The third-order valence-electron chi connectivity index (χ3n) is 4.16. The second-order valence-corrected chi connectivity index (χ2v) is 7.11. The minimum absolute atomic E-state index is 0.209. The van der Waals surface area contributed by atoms with Crippen molar-refractivity contribution in [2.24, 2.45) is 0 Å². The molecule has 1 aromatic carbocycles. The zero-order valence-electron chi connectivity index (χ0n) is 14.7. The summed E-state index contributed by atoms with van der Waals surface area (Å²) in [6, 6.07) is 10.5. The second kappa shape index (κ2) is 8.23. The monoisotopic (exact) mass is 374 g/mol. The number of benzene rings is 1. The smallest absolute Gasteiger partial charge is 0.265 e. The Morgan fingerprint density at radius 3 is 2.54 bits per heavy atom. The molecule has 0 radical (unpaired) electrons. The molecular weight excluding hydrogens is 352 g/mol. The van der Waals surface area contributed by atoms with Crippen LogP contribution in [0.5, 0.6) is 11.5 Å². The lowest BCUT2D eigenvalue weighted by molar-refractivity contribution is -0.137. The molecule has 1 aromatic heterocycles. The Hall–Kier alpha value is -2.54. The van der Waals surface area contributed by atoms with E-state index in [4.69, 9.17) is 9.47 Å². The van der Waals surface area contributed by atoms with Crippen molar-refractivity contribution in [3.8, 4) is 11.5 Å². The van der Waals surface area contributed by atoms with Crippen LogP contribution in [0, 0.1) is 0 Å². The number of ether oxygens (including phenoxy) is 2. The maximum Gasteiger partial charge on any atom is 0.265 e. The molecule has 2 aromatic rings. The molecule has 0 saturated carbocycles. The van der Waals surface area contributed by atoms with Gasteiger partial charge in [0.2, 0.25) is 12.0 Å². The molecule has 1 aliphatic heterocycles. The van der Waals surface area contributed by atoms with Gasteiger partial charge in [-0.2, -0.15) is 0 Å². The molecule has 2 heterocycles. The van der Waals surface area contributed by atoms with Gasteiger partial charge in [-0.3, -0.25) is 9.59 Å². The Bertz CT molecular complexity index is 763. The van der Waals surface area contributed by atoms with Gasteiger partial charge in [-0.15, -0.1) is 11.3 Å². The molecule has 3 unspecified atom stereocenters. The third-order valence-corrected chi connectivity index (χ3v) is 5.04. The van der Waals surface area contributed by atoms with Crippen molar-refractivity contribution in [3.63, 3.8) is 0 Å². The fourth-order valence-corrected chi connectivity index (χ4v) is 3.37. The average molecular weight is 374 g/mol. The van der Waals surface area contributed by atoms with Crippen LogP contribution in [0.15, 0.2) is 41.8 Å². The van der Waals surface area contributed by atoms with E-state index in [0.717, 1.165) is 4.88 Å². The van der Waals surface area contributed by atoms with E-state index in [1.165, 1.54) is 0 Å². The van der Waals surface area contributed by atoms with Crippen LogP contribution in [-0.4, -0.2) is 30.1 Å². The van der Waals surface area contributed by atoms with Crippen LogP contribution in [0.1, 0.15) is 25.1 Å². The highest BCUT2D eigenvalue weighted by molar-refractivity contribution is 7.09. The maximum absolute atomic E-state index is 12.6. The predicted octanol–water partition coefficient (Wildman–Crippen LogP) is 2.49. The summed E-state index contributed by atoms with van der Waals surface area (Å²) >= 11 is 1.58. The molecule has 138 valence electrons. The molecule has 0 bridgehead atoms. The molecule has 2 amide bonds. The van der Waals surface area contributed by atoms with Crippen molar-refractivity contribution >= 4 is 23.2 Å². The first-order valence-electron chi connectivity index (χ1n) is 8.61. The third kappa shape index (κ3) is 4.16. The number of carbonyl (C=O) groups excluding carboxylic acids is 2. The second-order valence-electron chi connectivity index (χ2n) is 6.07. The lowest BCUT2D eigenvalue weighted by atomic mass is 10.1. The van der Waals surface area contributed by atoms with Crippen molar-refractivity contribution in [3.05, 3.63) is 46.7 Å². The number of rotatable bonds is 6. The lowest BCUT2D eigenvalue weighted by Crippen LogP contribution is -2.54. The summed E-state index contributed by atoms with van der Waals surface area (Å²) in [4.78, 5) is 26.1. The van der Waals surface area contributed by atoms with E-state index in [0.29, 0.717) is 24.5 Å². The Morgan fingerprint density at radius 2 is 1.88 bits per heavy atom. The maximum atomic E-state index is 12.6. The summed E-state index contributed by atoms with van der Waals surface area (Å²) < 4.78 is 11.5. The summed E-state index contributed by atoms with van der Waals surface area (Å²) in [6.07, 6.45) is -0.763. The summed E-state index contributed by atoms with van der Waals surface area (Å²) in [6.45, 7) is 4.08. The molecule has 0 saturated heterocycles. The van der Waals surface area contributed by atoms with E-state index in [1.807, 2.05) is 36.6 Å². The minimum atomic E-state index is -0.802. The van der Waals surface area contributed by atoms with Crippen LogP contribution in [-0.2, 0) is 16.1 Å². The van der Waals surface area contributed by atoms with Crippen LogP contribution >= 0.6 is 11.3 Å². The van der Waals surface area contributed by atoms with Gasteiger partial charge >= 0.3 is 0 Å². The molecule has 0 fully saturated rings. The van der Waals surface area contributed by atoms with Crippen LogP contribution in [0.2, 0.25) is 0 Å². The molecule has 3 rings (SSSR count). The highest BCUT2D eigenvalue weighted by atomic mass is 32.1. The zero-order valence-corrected chi connectivity index (χ0v) is 15.5. The van der Waals surface area contributed by atoms with Gasteiger partial charge in [0.25, 0.3) is 5.91 Å². The van der Waals surface area contributed by atoms with E-state index in [2.05, 4.69) is 10.6 Å². The number of nitrogens with one attached hydrogen (secondary N) is 2. The van der Waals surface area contributed by atoms with Gasteiger partial charge in [-0.05, 0) is 36.9 Å². The standard InChI is InChI=1S/C19H22N2O4S/c1-3-14(18(22)20-11-13-7-6-10-26-13)21-19(23)17-12(2)24-15-8-4-5-9-16(15)25-17/h4-10,12,14,17H,3,11H2,1-2H3,(H,20,22)(H,21,23). The first-order chi connectivity index (χ1) is 12.6. The van der Waals surface area contributed by atoms with E-state index in [9.17, 15) is 9.59 Å². The summed E-state index contributed by atoms with van der Waals surface area (Å²) in [5, 5.41) is 7.59. The first kappa shape index (κ1) is 18.3. The molecule has 0 aliphatic carbocycles. The van der Waals surface area contributed by atoms with E-state index in [-0.39, 0.29) is 11.8 Å². The zero-order chi connectivity index (χ0) is 18.5. The minimum Gasteiger partial charge on any atom is -0.482 e. The number of hydrogen-bond acceptors (Lipinski definition) is 5. The normalized spacial score (nSPS) is 19.5. The molecule has 26 heavy (non-hydrogen) atoms. The van der Waals surface area contributed by atoms with E-state index >= 15 is 0 Å². The first-order valence-corrected chi connectivity index (χ1v) is 9.49. The van der Waals surface area contributed by atoms with Gasteiger partial charge in [-0.25, -0.2) is 0 Å². The van der Waals surface area contributed by atoms with Gasteiger partial charge in [0.15, 0.2) is 11.5 Å². The molecule has 0 spiro atoms. The van der Waals surface area contributed by atoms with E-state index < -0.39 is 18.2 Å². The topological polar surface area (TPSA) is 76.7 Å². The van der Waals surface area contributed by atoms with Crippen molar-refractivity contribution in [2.45, 2.75) is 45.1 Å². The Labute approximate surface area is 156 Å². The van der Waals surface area contributed by atoms with Gasteiger partial charge in [0.05, 0.1) is 6.54 Å². The summed E-state index contributed by atoms with van der Waals surface area (Å²) in [7, 11) is 0. The van der Waals surface area contributed by atoms with Gasteiger partial charge in [-0.1, -0.05) is 25.1 Å². The van der Waals surface area contributed by atoms with Crippen molar-refractivity contribution in [1.82, 2.24) is 10.6 Å². The Kier molecular flexibility index (Phi) is 5.78. The van der Waals surface area contributed by atoms with Crippen LogP contribution < -0.4 is 20.1 Å². The number of para-hydroxylation sites is 2. The highest BCUT2D eigenvalue weighted by Crippen LogP contribution is 2.33. The van der Waals surface area contributed by atoms with Gasteiger partial charge in [0.1, 0.15) is 12.1 Å². The summed E-state index contributed by atoms with van der Waals surface area (Å²) in [5.74, 6) is 0.579. The average Bonchev–Trinajstić information content (AvgIpc) is 3.17. The Morgan fingerprint density at radius 1 is 1.15 bits per heavy atom. The fraction of sp³-hybridized carbons (Fsp3) is 0.368. The Balaban J connectivity index is 1.59. The molecular formula is C19H22N2O4S.